The van der Waals surface area contributed by atoms with E-state index in [0.29, 0.717) is 31.5 Å². The lowest BCUT2D eigenvalue weighted by Gasteiger charge is -2.37. The number of ether oxygens (including phenoxy) is 1. The SMILES string of the molecule is COc1ccc(C(c2ccccc2F)N2CCC(C(=O)O)CC2)cc1. The van der Waals surface area contributed by atoms with Crippen LogP contribution in [0.25, 0.3) is 0 Å². The van der Waals surface area contributed by atoms with Crippen LogP contribution < -0.4 is 4.74 Å². The number of methoxy groups -OCH3 is 1. The van der Waals surface area contributed by atoms with Gasteiger partial charge in [-0.3, -0.25) is 9.69 Å². The van der Waals surface area contributed by atoms with Crippen molar-refractivity contribution >= 4 is 5.97 Å². The molecule has 1 unspecified atom stereocenters. The molecule has 2 aromatic carbocycles. The zero-order chi connectivity index (χ0) is 17.8. The quantitative estimate of drug-likeness (QED) is 0.899. The first-order valence-corrected chi connectivity index (χ1v) is 8.45. The Morgan fingerprint density at radius 1 is 1.16 bits per heavy atom. The summed E-state index contributed by atoms with van der Waals surface area (Å²) in [5.74, 6) is -0.552. The molecule has 4 nitrogen and oxygen atoms in total. The molecule has 2 aromatic rings. The fraction of sp³-hybridized carbons (Fsp3) is 0.350. The summed E-state index contributed by atoms with van der Waals surface area (Å²) in [6.45, 7) is 1.25. The lowest BCUT2D eigenvalue weighted by molar-refractivity contribution is -0.143. The monoisotopic (exact) mass is 343 g/mol. The minimum Gasteiger partial charge on any atom is -0.497 e. The highest BCUT2D eigenvalue weighted by molar-refractivity contribution is 5.70. The highest BCUT2D eigenvalue weighted by atomic mass is 19.1. The maximum Gasteiger partial charge on any atom is 0.306 e. The van der Waals surface area contributed by atoms with Crippen molar-refractivity contribution in [3.63, 3.8) is 0 Å². The third-order valence-corrected chi connectivity index (χ3v) is 4.88. The molecule has 132 valence electrons. The number of piperidine rings is 1. The van der Waals surface area contributed by atoms with Gasteiger partial charge in [0.05, 0.1) is 19.1 Å². The maximum atomic E-state index is 14.5. The van der Waals surface area contributed by atoms with Crippen LogP contribution in [0.4, 0.5) is 4.39 Å². The molecule has 1 heterocycles. The van der Waals surface area contributed by atoms with Crippen molar-refractivity contribution < 1.29 is 19.0 Å². The first kappa shape index (κ1) is 17.4. The third-order valence-electron chi connectivity index (χ3n) is 4.88. The van der Waals surface area contributed by atoms with Crippen LogP contribution in [0.2, 0.25) is 0 Å². The zero-order valence-electron chi connectivity index (χ0n) is 14.2. The van der Waals surface area contributed by atoms with E-state index in [0.717, 1.165) is 11.3 Å². The smallest absolute Gasteiger partial charge is 0.306 e. The highest BCUT2D eigenvalue weighted by Crippen LogP contribution is 2.34. The Hall–Kier alpha value is -2.40. The molecular formula is C20H22FNO3. The summed E-state index contributed by atoms with van der Waals surface area (Å²) in [5, 5.41) is 9.21. The summed E-state index contributed by atoms with van der Waals surface area (Å²) in [6, 6.07) is 14.2. The molecule has 0 aromatic heterocycles. The molecule has 0 radical (unpaired) electrons. The standard InChI is InChI=1S/C20H22FNO3/c1-25-16-8-6-14(7-9-16)19(17-4-2-3-5-18(17)21)22-12-10-15(11-13-22)20(23)24/h2-9,15,19H,10-13H2,1H3,(H,23,24). The van der Waals surface area contributed by atoms with Gasteiger partial charge in [0.1, 0.15) is 11.6 Å². The summed E-state index contributed by atoms with van der Waals surface area (Å²) in [5.41, 5.74) is 1.58. The molecule has 3 rings (SSSR count). The van der Waals surface area contributed by atoms with E-state index in [1.54, 1.807) is 19.2 Å². The number of benzene rings is 2. The van der Waals surface area contributed by atoms with Gasteiger partial charge in [0.2, 0.25) is 0 Å². The van der Waals surface area contributed by atoms with Gasteiger partial charge in [-0.25, -0.2) is 4.39 Å². The molecule has 0 bridgehead atoms. The molecule has 0 saturated carbocycles. The van der Waals surface area contributed by atoms with Gasteiger partial charge < -0.3 is 9.84 Å². The molecule has 1 N–H and O–H groups in total. The summed E-state index contributed by atoms with van der Waals surface area (Å²) in [7, 11) is 1.61. The molecule has 0 spiro atoms. The molecule has 0 aliphatic carbocycles. The first-order valence-electron chi connectivity index (χ1n) is 8.45. The number of rotatable bonds is 5. The maximum absolute atomic E-state index is 14.5. The van der Waals surface area contributed by atoms with E-state index < -0.39 is 5.97 Å². The van der Waals surface area contributed by atoms with Crippen LogP contribution in [0.5, 0.6) is 5.75 Å². The average Bonchev–Trinajstić information content (AvgIpc) is 2.64. The molecule has 1 saturated heterocycles. The normalized spacial score (nSPS) is 17.2. The minimum atomic E-state index is -0.744. The van der Waals surface area contributed by atoms with Gasteiger partial charge in [0.15, 0.2) is 0 Å². The molecule has 5 heteroatoms. The van der Waals surface area contributed by atoms with Gasteiger partial charge >= 0.3 is 5.97 Å². The van der Waals surface area contributed by atoms with Crippen molar-refractivity contribution in [3.05, 3.63) is 65.5 Å². The fourth-order valence-corrected chi connectivity index (χ4v) is 3.47. The van der Waals surface area contributed by atoms with E-state index in [2.05, 4.69) is 4.90 Å². The van der Waals surface area contributed by atoms with E-state index in [4.69, 9.17) is 4.74 Å². The van der Waals surface area contributed by atoms with Gasteiger partial charge in [-0.05, 0) is 49.7 Å². The van der Waals surface area contributed by atoms with Crippen LogP contribution in [0.3, 0.4) is 0 Å². The van der Waals surface area contributed by atoms with Gasteiger partial charge in [0, 0.05) is 5.56 Å². The lowest BCUT2D eigenvalue weighted by atomic mass is 9.91. The third kappa shape index (κ3) is 3.82. The van der Waals surface area contributed by atoms with Crippen LogP contribution in [0.1, 0.15) is 30.0 Å². The summed E-state index contributed by atoms with van der Waals surface area (Å²) < 4.78 is 19.7. The predicted octanol–water partition coefficient (Wildman–Crippen LogP) is 3.72. The Balaban J connectivity index is 1.92. The number of carboxylic acid groups (broad SMARTS) is 1. The van der Waals surface area contributed by atoms with E-state index in [-0.39, 0.29) is 17.8 Å². The molecule has 25 heavy (non-hydrogen) atoms. The number of carboxylic acids is 1. The molecule has 0 amide bonds. The van der Waals surface area contributed by atoms with E-state index in [9.17, 15) is 14.3 Å². The number of carbonyl (C=O) groups is 1. The predicted molar refractivity (Wildman–Crippen MR) is 93.2 cm³/mol. The van der Waals surface area contributed by atoms with Gasteiger partial charge in [0.25, 0.3) is 0 Å². The molecular weight excluding hydrogens is 321 g/mol. The topological polar surface area (TPSA) is 49.8 Å². The number of hydrogen-bond donors (Lipinski definition) is 1. The van der Waals surface area contributed by atoms with Gasteiger partial charge in [-0.2, -0.15) is 0 Å². The lowest BCUT2D eigenvalue weighted by Crippen LogP contribution is -2.39. The molecule has 1 atom stereocenters. The van der Waals surface area contributed by atoms with Crippen molar-refractivity contribution in [2.75, 3.05) is 20.2 Å². The van der Waals surface area contributed by atoms with Crippen molar-refractivity contribution in [1.82, 2.24) is 4.90 Å². The Morgan fingerprint density at radius 3 is 2.36 bits per heavy atom. The van der Waals surface area contributed by atoms with E-state index in [1.165, 1.54) is 6.07 Å². The highest BCUT2D eigenvalue weighted by Gasteiger charge is 2.31. The Morgan fingerprint density at radius 2 is 1.80 bits per heavy atom. The Bertz CT molecular complexity index is 724. The van der Waals surface area contributed by atoms with Crippen LogP contribution >= 0.6 is 0 Å². The van der Waals surface area contributed by atoms with Crippen LogP contribution in [0, 0.1) is 11.7 Å². The zero-order valence-corrected chi connectivity index (χ0v) is 14.2. The average molecular weight is 343 g/mol. The van der Waals surface area contributed by atoms with Gasteiger partial charge in [-0.15, -0.1) is 0 Å². The summed E-state index contributed by atoms with van der Waals surface area (Å²) in [6.07, 6.45) is 1.16. The first-order chi connectivity index (χ1) is 12.1. The van der Waals surface area contributed by atoms with Crippen molar-refractivity contribution in [2.24, 2.45) is 5.92 Å². The fourth-order valence-electron chi connectivity index (χ4n) is 3.47. The second-order valence-corrected chi connectivity index (χ2v) is 6.35. The van der Waals surface area contributed by atoms with Crippen molar-refractivity contribution in [3.8, 4) is 5.75 Å². The van der Waals surface area contributed by atoms with Crippen LogP contribution in [-0.2, 0) is 4.79 Å². The minimum absolute atomic E-state index is 0.234. The summed E-state index contributed by atoms with van der Waals surface area (Å²) >= 11 is 0. The second-order valence-electron chi connectivity index (χ2n) is 6.35. The van der Waals surface area contributed by atoms with E-state index in [1.807, 2.05) is 30.3 Å². The Labute approximate surface area is 146 Å². The van der Waals surface area contributed by atoms with Gasteiger partial charge in [-0.1, -0.05) is 30.3 Å². The summed E-state index contributed by atoms with van der Waals surface area (Å²) in [4.78, 5) is 13.4. The molecule has 1 aliphatic heterocycles. The molecule has 1 fully saturated rings. The number of nitrogens with zero attached hydrogens (tertiary/aromatic N) is 1. The van der Waals surface area contributed by atoms with Crippen LogP contribution in [0.15, 0.2) is 48.5 Å². The number of hydrogen-bond acceptors (Lipinski definition) is 3. The van der Waals surface area contributed by atoms with Crippen LogP contribution in [-0.4, -0.2) is 36.2 Å². The second kappa shape index (κ2) is 7.66. The number of aliphatic carboxylic acids is 1. The molecule has 1 aliphatic rings. The Kier molecular flexibility index (Phi) is 5.34. The van der Waals surface area contributed by atoms with Crippen molar-refractivity contribution in [2.45, 2.75) is 18.9 Å². The van der Waals surface area contributed by atoms with Crippen molar-refractivity contribution in [1.29, 1.82) is 0 Å². The largest absolute Gasteiger partial charge is 0.497 e. The number of likely N-dealkylation sites (tertiary alicyclic amines) is 1. The van der Waals surface area contributed by atoms with E-state index >= 15 is 0 Å². The number of halogens is 1.